The molecule has 214 valence electrons. The van der Waals surface area contributed by atoms with Crippen LogP contribution in [0.25, 0.3) is 0 Å². The van der Waals surface area contributed by atoms with Gasteiger partial charge in [0.1, 0.15) is 12.6 Å². The topological polar surface area (TPSA) is 86.8 Å². The van der Waals surface area contributed by atoms with Gasteiger partial charge in [0.05, 0.1) is 11.9 Å². The van der Waals surface area contributed by atoms with Crippen molar-refractivity contribution in [2.75, 3.05) is 17.1 Å². The highest BCUT2D eigenvalue weighted by Crippen LogP contribution is 2.26. The molecule has 10 heteroatoms. The molecule has 0 radical (unpaired) electrons. The van der Waals surface area contributed by atoms with Gasteiger partial charge in [-0.2, -0.15) is 0 Å². The average Bonchev–Trinajstić information content (AvgIpc) is 2.85. The second-order valence-electron chi connectivity index (χ2n) is 10.8. The lowest BCUT2D eigenvalue weighted by Crippen LogP contribution is -2.56. The highest BCUT2D eigenvalue weighted by Gasteiger charge is 2.34. The lowest BCUT2D eigenvalue weighted by Gasteiger charge is -2.35. The summed E-state index contributed by atoms with van der Waals surface area (Å²) in [4.78, 5) is 29.3. The van der Waals surface area contributed by atoms with Crippen molar-refractivity contribution in [2.24, 2.45) is 0 Å². The normalized spacial score (nSPS) is 12.5. The van der Waals surface area contributed by atoms with E-state index in [1.165, 1.54) is 4.90 Å². The van der Waals surface area contributed by atoms with E-state index in [0.717, 1.165) is 21.7 Å². The fraction of sp³-hybridized carbons (Fsp3) is 0.333. The SMILES string of the molecule is Cc1cc(Cl)ccc1N(CC(=O)N(Cc1ccc(Cl)cc1)[C@H](Cc1ccccc1)C(=O)NC(C)(C)C)S(C)(=O)=O. The van der Waals surface area contributed by atoms with Crippen LogP contribution >= 0.6 is 23.2 Å². The minimum absolute atomic E-state index is 0.0717. The number of aryl methyl sites for hydroxylation is 1. The van der Waals surface area contributed by atoms with Crippen molar-refractivity contribution in [3.05, 3.63) is 99.5 Å². The summed E-state index contributed by atoms with van der Waals surface area (Å²) in [5.41, 5.74) is 1.99. The molecule has 3 aromatic rings. The van der Waals surface area contributed by atoms with Crippen LogP contribution < -0.4 is 9.62 Å². The van der Waals surface area contributed by atoms with E-state index in [1.54, 1.807) is 49.4 Å². The Kier molecular flexibility index (Phi) is 10.3. The number of nitrogens with zero attached hydrogens (tertiary/aromatic N) is 2. The van der Waals surface area contributed by atoms with Crippen molar-refractivity contribution in [3.63, 3.8) is 0 Å². The smallest absolute Gasteiger partial charge is 0.244 e. The van der Waals surface area contributed by atoms with Crippen LogP contribution in [-0.4, -0.2) is 49.5 Å². The molecule has 3 rings (SSSR count). The first-order valence-electron chi connectivity index (χ1n) is 12.8. The maximum atomic E-state index is 14.1. The van der Waals surface area contributed by atoms with Crippen LogP contribution in [0.15, 0.2) is 72.8 Å². The van der Waals surface area contributed by atoms with Gasteiger partial charge in [-0.05, 0) is 74.7 Å². The lowest BCUT2D eigenvalue weighted by atomic mass is 10.0. The molecule has 0 aliphatic rings. The molecule has 0 saturated heterocycles. The van der Waals surface area contributed by atoms with Crippen molar-refractivity contribution in [2.45, 2.75) is 52.2 Å². The van der Waals surface area contributed by atoms with Crippen molar-refractivity contribution < 1.29 is 18.0 Å². The van der Waals surface area contributed by atoms with E-state index in [4.69, 9.17) is 23.2 Å². The van der Waals surface area contributed by atoms with Crippen LogP contribution in [0.4, 0.5) is 5.69 Å². The van der Waals surface area contributed by atoms with E-state index < -0.39 is 34.1 Å². The Morgan fingerprint density at radius 2 is 1.50 bits per heavy atom. The number of sulfonamides is 1. The number of hydrogen-bond donors (Lipinski definition) is 1. The highest BCUT2D eigenvalue weighted by atomic mass is 35.5. The van der Waals surface area contributed by atoms with E-state index in [2.05, 4.69) is 5.32 Å². The van der Waals surface area contributed by atoms with Crippen LogP contribution in [0, 0.1) is 6.92 Å². The molecule has 40 heavy (non-hydrogen) atoms. The van der Waals surface area contributed by atoms with Crippen molar-refractivity contribution in [1.29, 1.82) is 0 Å². The van der Waals surface area contributed by atoms with E-state index in [-0.39, 0.29) is 18.9 Å². The summed E-state index contributed by atoms with van der Waals surface area (Å²) in [5, 5.41) is 3.99. The van der Waals surface area contributed by atoms with Gasteiger partial charge in [-0.25, -0.2) is 8.42 Å². The number of rotatable bonds is 10. The van der Waals surface area contributed by atoms with Gasteiger partial charge in [0, 0.05) is 28.5 Å². The molecule has 0 aliphatic heterocycles. The Balaban J connectivity index is 2.09. The standard InChI is InChI=1S/C30H35Cl2N3O4S/c1-21-17-25(32)15-16-26(21)35(40(5,38)39)20-28(36)34(19-23-11-13-24(31)14-12-23)27(29(37)33-30(2,3)4)18-22-9-7-6-8-10-22/h6-17,27H,18-20H2,1-5H3,(H,33,37)/t27-/m1/s1. The molecular formula is C30H35Cl2N3O4S. The molecular weight excluding hydrogens is 569 g/mol. The number of anilines is 1. The number of hydrogen-bond acceptors (Lipinski definition) is 4. The molecule has 0 fully saturated rings. The van der Waals surface area contributed by atoms with Gasteiger partial charge in [-0.3, -0.25) is 13.9 Å². The van der Waals surface area contributed by atoms with E-state index >= 15 is 0 Å². The summed E-state index contributed by atoms with van der Waals surface area (Å²) >= 11 is 12.2. The monoisotopic (exact) mass is 603 g/mol. The summed E-state index contributed by atoms with van der Waals surface area (Å²) in [6.45, 7) is 6.90. The van der Waals surface area contributed by atoms with Crippen molar-refractivity contribution in [3.8, 4) is 0 Å². The third kappa shape index (κ3) is 8.98. The molecule has 0 spiro atoms. The molecule has 2 amide bonds. The van der Waals surface area contributed by atoms with Gasteiger partial charge in [-0.1, -0.05) is 65.7 Å². The summed E-state index contributed by atoms with van der Waals surface area (Å²) in [5.74, 6) is -0.869. The largest absolute Gasteiger partial charge is 0.350 e. The maximum absolute atomic E-state index is 14.1. The number of halogens is 2. The molecule has 3 aromatic carbocycles. The van der Waals surface area contributed by atoms with Crippen molar-refractivity contribution >= 4 is 50.7 Å². The summed E-state index contributed by atoms with van der Waals surface area (Å²) in [7, 11) is -3.87. The van der Waals surface area contributed by atoms with Crippen LogP contribution in [0.5, 0.6) is 0 Å². The molecule has 1 atom stereocenters. The Bertz CT molecular complexity index is 1440. The molecule has 7 nitrogen and oxygen atoms in total. The van der Waals surface area contributed by atoms with Crippen LogP contribution in [-0.2, 0) is 32.6 Å². The Labute approximate surface area is 247 Å². The predicted octanol–water partition coefficient (Wildman–Crippen LogP) is 5.62. The zero-order valence-electron chi connectivity index (χ0n) is 23.3. The van der Waals surface area contributed by atoms with Gasteiger partial charge < -0.3 is 10.2 Å². The number of amides is 2. The van der Waals surface area contributed by atoms with Crippen LogP contribution in [0.1, 0.15) is 37.5 Å². The maximum Gasteiger partial charge on any atom is 0.244 e. The van der Waals surface area contributed by atoms with E-state index in [0.29, 0.717) is 21.3 Å². The minimum atomic E-state index is -3.87. The quantitative estimate of drug-likeness (QED) is 0.326. The van der Waals surface area contributed by atoms with Gasteiger partial charge in [0.2, 0.25) is 21.8 Å². The van der Waals surface area contributed by atoms with Crippen LogP contribution in [0.2, 0.25) is 10.0 Å². The number of carbonyl (C=O) groups is 2. The highest BCUT2D eigenvalue weighted by molar-refractivity contribution is 7.92. The summed E-state index contributed by atoms with van der Waals surface area (Å²) in [6.07, 6.45) is 1.28. The average molecular weight is 605 g/mol. The fourth-order valence-electron chi connectivity index (χ4n) is 4.29. The summed E-state index contributed by atoms with van der Waals surface area (Å²) < 4.78 is 26.9. The molecule has 0 unspecified atom stereocenters. The van der Waals surface area contributed by atoms with Gasteiger partial charge in [0.25, 0.3) is 0 Å². The number of nitrogens with one attached hydrogen (secondary N) is 1. The Morgan fingerprint density at radius 1 is 0.900 bits per heavy atom. The first kappa shape index (κ1) is 31.5. The number of benzene rings is 3. The lowest BCUT2D eigenvalue weighted by molar-refractivity contribution is -0.140. The zero-order chi connectivity index (χ0) is 29.7. The van der Waals surface area contributed by atoms with Crippen molar-refractivity contribution in [1.82, 2.24) is 10.2 Å². The zero-order valence-corrected chi connectivity index (χ0v) is 25.6. The summed E-state index contributed by atoms with van der Waals surface area (Å²) in [6, 6.07) is 20.2. The Morgan fingerprint density at radius 3 is 2.05 bits per heavy atom. The van der Waals surface area contributed by atoms with Gasteiger partial charge >= 0.3 is 0 Å². The predicted molar refractivity (Wildman–Crippen MR) is 162 cm³/mol. The van der Waals surface area contributed by atoms with Crippen LogP contribution in [0.3, 0.4) is 0 Å². The fourth-order valence-corrected chi connectivity index (χ4v) is 5.55. The molecule has 0 aliphatic carbocycles. The third-order valence-corrected chi connectivity index (χ3v) is 7.76. The second kappa shape index (κ2) is 13.1. The second-order valence-corrected chi connectivity index (χ2v) is 13.6. The molecule has 0 bridgehead atoms. The number of carbonyl (C=O) groups excluding carboxylic acids is 2. The molecule has 0 heterocycles. The first-order chi connectivity index (χ1) is 18.6. The van der Waals surface area contributed by atoms with Gasteiger partial charge in [-0.15, -0.1) is 0 Å². The molecule has 0 aromatic heterocycles. The Hall–Kier alpha value is -3.07. The molecule has 1 N–H and O–H groups in total. The van der Waals surface area contributed by atoms with E-state index in [1.807, 2.05) is 51.1 Å². The first-order valence-corrected chi connectivity index (χ1v) is 15.4. The van der Waals surface area contributed by atoms with Gasteiger partial charge in [0.15, 0.2) is 0 Å². The molecule has 0 saturated carbocycles. The van der Waals surface area contributed by atoms with E-state index in [9.17, 15) is 18.0 Å². The third-order valence-electron chi connectivity index (χ3n) is 6.14. The minimum Gasteiger partial charge on any atom is -0.350 e.